The highest BCUT2D eigenvalue weighted by atomic mass is 16.5. The quantitative estimate of drug-likeness (QED) is 0.851. The minimum absolute atomic E-state index is 0.00128. The molecule has 0 aliphatic carbocycles. The standard InChI is InChI=1S/C20H22N4O2/c1-14-18(15(2)26-22-14)11-23-7-6-20(12-23)9-19(25)24(13-20)17-5-3-4-16(8-17)10-21/h3-5,8H,6-7,9,11-13H2,1-2H3/t20-/m1/s1. The number of nitrogens with zero attached hydrogens (tertiary/aromatic N) is 4. The van der Waals surface area contributed by atoms with Crippen LogP contribution in [-0.2, 0) is 11.3 Å². The van der Waals surface area contributed by atoms with E-state index in [0.29, 0.717) is 12.0 Å². The fourth-order valence-electron chi connectivity index (χ4n) is 4.26. The van der Waals surface area contributed by atoms with Crippen LogP contribution in [-0.4, -0.2) is 35.6 Å². The highest BCUT2D eigenvalue weighted by Gasteiger charge is 2.47. The third-order valence-electron chi connectivity index (χ3n) is 5.69. The molecule has 6 nitrogen and oxygen atoms in total. The van der Waals surface area contributed by atoms with E-state index in [9.17, 15) is 4.79 Å². The van der Waals surface area contributed by atoms with Crippen LogP contribution < -0.4 is 4.90 Å². The van der Waals surface area contributed by atoms with Gasteiger partial charge >= 0.3 is 0 Å². The van der Waals surface area contributed by atoms with Gasteiger partial charge in [-0.1, -0.05) is 11.2 Å². The van der Waals surface area contributed by atoms with Crippen LogP contribution >= 0.6 is 0 Å². The van der Waals surface area contributed by atoms with Gasteiger partial charge in [-0.15, -0.1) is 0 Å². The molecule has 1 atom stereocenters. The second-order valence-electron chi connectivity index (χ2n) is 7.58. The summed E-state index contributed by atoms with van der Waals surface area (Å²) in [5, 5.41) is 13.1. The normalized spacial score (nSPS) is 23.1. The zero-order valence-electron chi connectivity index (χ0n) is 15.2. The molecule has 2 aromatic rings. The lowest BCUT2D eigenvalue weighted by Gasteiger charge is -2.24. The number of carbonyl (C=O) groups excluding carboxylic acids is 1. The van der Waals surface area contributed by atoms with Crippen molar-refractivity contribution in [3.63, 3.8) is 0 Å². The Labute approximate surface area is 153 Å². The average Bonchev–Trinajstić information content (AvgIpc) is 3.29. The van der Waals surface area contributed by atoms with Crippen LogP contribution in [0.1, 0.15) is 35.4 Å². The van der Waals surface area contributed by atoms with Gasteiger partial charge in [0.05, 0.1) is 17.3 Å². The van der Waals surface area contributed by atoms with E-state index < -0.39 is 0 Å². The van der Waals surface area contributed by atoms with Crippen LogP contribution in [0.5, 0.6) is 0 Å². The summed E-state index contributed by atoms with van der Waals surface area (Å²) in [6, 6.07) is 9.46. The molecule has 1 amide bonds. The summed E-state index contributed by atoms with van der Waals surface area (Å²) in [4.78, 5) is 16.9. The van der Waals surface area contributed by atoms with Crippen LogP contribution in [0.2, 0.25) is 0 Å². The zero-order chi connectivity index (χ0) is 18.3. The lowest BCUT2D eigenvalue weighted by atomic mass is 9.86. The molecular weight excluding hydrogens is 328 g/mol. The molecule has 2 saturated heterocycles. The number of aromatic nitrogens is 1. The number of hydrogen-bond acceptors (Lipinski definition) is 5. The number of aryl methyl sites for hydroxylation is 2. The highest BCUT2D eigenvalue weighted by molar-refractivity contribution is 5.96. The van der Waals surface area contributed by atoms with E-state index in [4.69, 9.17) is 9.78 Å². The Kier molecular flexibility index (Phi) is 4.04. The van der Waals surface area contributed by atoms with E-state index in [2.05, 4.69) is 16.1 Å². The first-order valence-electron chi connectivity index (χ1n) is 8.94. The van der Waals surface area contributed by atoms with Gasteiger partial charge in [-0.25, -0.2) is 0 Å². The number of anilines is 1. The predicted octanol–water partition coefficient (Wildman–Crippen LogP) is 2.79. The number of benzene rings is 1. The monoisotopic (exact) mass is 350 g/mol. The molecule has 1 aromatic carbocycles. The minimum atomic E-state index is -0.00128. The molecule has 2 aliphatic heterocycles. The molecule has 6 heteroatoms. The van der Waals surface area contributed by atoms with Crippen molar-refractivity contribution in [1.82, 2.24) is 10.1 Å². The van der Waals surface area contributed by atoms with E-state index in [1.54, 1.807) is 12.1 Å². The van der Waals surface area contributed by atoms with Crippen molar-refractivity contribution in [1.29, 1.82) is 5.26 Å². The Morgan fingerprint density at radius 1 is 1.35 bits per heavy atom. The van der Waals surface area contributed by atoms with Crippen molar-refractivity contribution in [3.05, 3.63) is 46.8 Å². The van der Waals surface area contributed by atoms with Crippen molar-refractivity contribution < 1.29 is 9.32 Å². The van der Waals surface area contributed by atoms with Crippen LogP contribution in [0.3, 0.4) is 0 Å². The zero-order valence-corrected chi connectivity index (χ0v) is 15.2. The second-order valence-corrected chi connectivity index (χ2v) is 7.58. The molecule has 26 heavy (non-hydrogen) atoms. The van der Waals surface area contributed by atoms with Crippen molar-refractivity contribution in [2.24, 2.45) is 5.41 Å². The van der Waals surface area contributed by atoms with Gasteiger partial charge in [0.25, 0.3) is 0 Å². The number of likely N-dealkylation sites (tertiary alicyclic amines) is 1. The number of carbonyl (C=O) groups is 1. The summed E-state index contributed by atoms with van der Waals surface area (Å²) < 4.78 is 5.27. The first kappa shape index (κ1) is 16.8. The second kappa shape index (κ2) is 6.26. The van der Waals surface area contributed by atoms with Gasteiger partial charge in [-0.3, -0.25) is 9.69 Å². The van der Waals surface area contributed by atoms with E-state index in [0.717, 1.165) is 55.3 Å². The molecule has 1 aromatic heterocycles. The molecule has 2 fully saturated rings. The number of nitriles is 1. The Morgan fingerprint density at radius 3 is 2.92 bits per heavy atom. The molecule has 0 unspecified atom stereocenters. The number of amides is 1. The summed E-state index contributed by atoms with van der Waals surface area (Å²) in [7, 11) is 0. The fraction of sp³-hybridized carbons (Fsp3) is 0.450. The Morgan fingerprint density at radius 2 is 2.19 bits per heavy atom. The van der Waals surface area contributed by atoms with Crippen LogP contribution in [0.15, 0.2) is 28.8 Å². The first-order chi connectivity index (χ1) is 12.5. The summed E-state index contributed by atoms with van der Waals surface area (Å²) >= 11 is 0. The van der Waals surface area contributed by atoms with Gasteiger partial charge in [0.15, 0.2) is 0 Å². The summed E-state index contributed by atoms with van der Waals surface area (Å²) in [6.45, 7) is 7.34. The molecule has 0 bridgehead atoms. The van der Waals surface area contributed by atoms with Crippen molar-refractivity contribution in [3.8, 4) is 6.07 Å². The molecule has 1 spiro atoms. The Balaban J connectivity index is 1.49. The van der Waals surface area contributed by atoms with Gasteiger partial charge in [0, 0.05) is 42.7 Å². The van der Waals surface area contributed by atoms with Gasteiger partial charge in [-0.2, -0.15) is 5.26 Å². The van der Waals surface area contributed by atoms with E-state index in [1.807, 2.05) is 30.9 Å². The largest absolute Gasteiger partial charge is 0.361 e. The minimum Gasteiger partial charge on any atom is -0.361 e. The molecule has 134 valence electrons. The average molecular weight is 350 g/mol. The lowest BCUT2D eigenvalue weighted by Crippen LogP contribution is -2.31. The summed E-state index contributed by atoms with van der Waals surface area (Å²) in [5.74, 6) is 1.03. The molecule has 2 aliphatic rings. The molecule has 0 N–H and O–H groups in total. The number of rotatable bonds is 3. The molecule has 4 rings (SSSR count). The van der Waals surface area contributed by atoms with Gasteiger partial charge in [-0.05, 0) is 45.0 Å². The fourth-order valence-corrected chi connectivity index (χ4v) is 4.26. The predicted molar refractivity (Wildman–Crippen MR) is 96.4 cm³/mol. The first-order valence-corrected chi connectivity index (χ1v) is 8.94. The third-order valence-corrected chi connectivity index (χ3v) is 5.69. The van der Waals surface area contributed by atoms with Crippen molar-refractivity contribution >= 4 is 11.6 Å². The maximum Gasteiger partial charge on any atom is 0.227 e. The summed E-state index contributed by atoms with van der Waals surface area (Å²) in [6.07, 6.45) is 1.58. The maximum absolute atomic E-state index is 12.7. The third kappa shape index (κ3) is 2.89. The van der Waals surface area contributed by atoms with Gasteiger partial charge < -0.3 is 9.42 Å². The van der Waals surface area contributed by atoms with E-state index in [-0.39, 0.29) is 11.3 Å². The van der Waals surface area contributed by atoms with Crippen LogP contribution in [0.25, 0.3) is 0 Å². The van der Waals surface area contributed by atoms with Crippen LogP contribution in [0.4, 0.5) is 5.69 Å². The summed E-state index contributed by atoms with van der Waals surface area (Å²) in [5.41, 5.74) is 3.52. The molecule has 0 saturated carbocycles. The van der Waals surface area contributed by atoms with Gasteiger partial charge in [0.2, 0.25) is 5.91 Å². The molecule has 3 heterocycles. The Bertz CT molecular complexity index is 878. The van der Waals surface area contributed by atoms with E-state index in [1.165, 1.54) is 0 Å². The number of hydrogen-bond donors (Lipinski definition) is 0. The van der Waals surface area contributed by atoms with Crippen molar-refractivity contribution in [2.45, 2.75) is 33.2 Å². The van der Waals surface area contributed by atoms with Crippen molar-refractivity contribution in [2.75, 3.05) is 24.5 Å². The van der Waals surface area contributed by atoms with E-state index >= 15 is 0 Å². The maximum atomic E-state index is 12.7. The smallest absolute Gasteiger partial charge is 0.227 e. The topological polar surface area (TPSA) is 73.4 Å². The SMILES string of the molecule is Cc1noc(C)c1CN1CC[C@@]2(CC(=O)N(c3cccc(C#N)c3)C2)C1. The lowest BCUT2D eigenvalue weighted by molar-refractivity contribution is -0.117. The Hall–Kier alpha value is -2.65. The molecule has 0 radical (unpaired) electrons. The van der Waals surface area contributed by atoms with Gasteiger partial charge in [0.1, 0.15) is 5.76 Å². The highest BCUT2D eigenvalue weighted by Crippen LogP contribution is 2.42. The van der Waals surface area contributed by atoms with Crippen LogP contribution in [0, 0.1) is 30.6 Å². The molecular formula is C20H22N4O2.